The normalized spacial score (nSPS) is 9.82. The number of ether oxygens (including phenoxy) is 4. The van der Waals surface area contributed by atoms with Gasteiger partial charge >= 0.3 is 47.8 Å². The van der Waals surface area contributed by atoms with Crippen LogP contribution in [0.25, 0.3) is 0 Å². The van der Waals surface area contributed by atoms with Crippen molar-refractivity contribution in [2.24, 2.45) is 0 Å². The molecule has 0 spiro atoms. The van der Waals surface area contributed by atoms with E-state index in [4.69, 9.17) is 49.6 Å². The van der Waals surface area contributed by atoms with Crippen LogP contribution in [0.5, 0.6) is 0 Å². The average Bonchev–Trinajstić information content (AvgIpc) is 3.21. The lowest BCUT2D eigenvalue weighted by Crippen LogP contribution is -2.15. The third kappa shape index (κ3) is 15.3. The van der Waals surface area contributed by atoms with E-state index in [1.54, 1.807) is 0 Å². The molecule has 4 aromatic carbocycles. The Kier molecular flexibility index (Phi) is 18.6. The summed E-state index contributed by atoms with van der Waals surface area (Å²) in [5.74, 6) is -7.23. The standard InChI is InChI=1S/C28H22O12.C8H6O4.C2H6O2/c29-23(30)17-1-5-19(6-2-17)25(33)37-13-15-39-27(35)21-9-11-22(12-10-21)28(36)40-16-14-38-26(34)20-7-3-18(4-8-20)24(31)32;9-7(10)5-1-2-6(4-3-5)8(11)12;3-1-2-4/h1-12H,13-16H2,(H,29,30)(H,31,32);1-4H,(H,9,10)(H,11,12);3-4H,1-2H2. The van der Waals surface area contributed by atoms with E-state index in [1.807, 2.05) is 0 Å². The Morgan fingerprint density at radius 2 is 0.446 bits per heavy atom. The highest BCUT2D eigenvalue weighted by Gasteiger charge is 2.14. The average molecular weight is 779 g/mol. The number of benzene rings is 4. The van der Waals surface area contributed by atoms with Crippen LogP contribution in [0.15, 0.2) is 97.1 Å². The van der Waals surface area contributed by atoms with Crippen LogP contribution in [0.3, 0.4) is 0 Å². The van der Waals surface area contributed by atoms with E-state index in [1.165, 1.54) is 97.1 Å². The van der Waals surface area contributed by atoms with Crippen molar-refractivity contribution in [2.75, 3.05) is 39.6 Å². The molecule has 294 valence electrons. The number of carbonyl (C=O) groups is 8. The van der Waals surface area contributed by atoms with Crippen LogP contribution < -0.4 is 0 Å². The minimum atomic E-state index is -1.13. The molecule has 0 aliphatic rings. The number of aliphatic hydroxyl groups is 2. The molecule has 18 heteroatoms. The predicted octanol–water partition coefficient (Wildman–Crippen LogP) is 3.16. The third-order valence-corrected chi connectivity index (χ3v) is 6.67. The van der Waals surface area contributed by atoms with Gasteiger partial charge in [-0.15, -0.1) is 0 Å². The monoisotopic (exact) mass is 778 g/mol. The van der Waals surface area contributed by atoms with Crippen molar-refractivity contribution >= 4 is 47.8 Å². The lowest BCUT2D eigenvalue weighted by Gasteiger charge is -2.08. The van der Waals surface area contributed by atoms with Gasteiger partial charge in [-0.1, -0.05) is 0 Å². The van der Waals surface area contributed by atoms with Crippen molar-refractivity contribution in [1.29, 1.82) is 0 Å². The van der Waals surface area contributed by atoms with Gasteiger partial charge in [0, 0.05) is 0 Å². The van der Waals surface area contributed by atoms with Gasteiger partial charge in [0.05, 0.1) is 57.7 Å². The summed E-state index contributed by atoms with van der Waals surface area (Å²) in [4.78, 5) is 90.7. The molecule has 0 saturated heterocycles. The summed E-state index contributed by atoms with van der Waals surface area (Å²) in [7, 11) is 0. The molecule has 0 aliphatic carbocycles. The van der Waals surface area contributed by atoms with Crippen molar-refractivity contribution < 1.29 is 87.9 Å². The first-order valence-corrected chi connectivity index (χ1v) is 15.9. The molecule has 0 fully saturated rings. The van der Waals surface area contributed by atoms with Crippen molar-refractivity contribution in [3.05, 3.63) is 142 Å². The molecule has 0 radical (unpaired) electrons. The van der Waals surface area contributed by atoms with Gasteiger partial charge in [-0.25, -0.2) is 38.4 Å². The quantitative estimate of drug-likeness (QED) is 0.0574. The Morgan fingerprint density at radius 1 is 0.304 bits per heavy atom. The van der Waals surface area contributed by atoms with Gasteiger partial charge < -0.3 is 49.6 Å². The lowest BCUT2D eigenvalue weighted by molar-refractivity contribution is 0.0263. The lowest BCUT2D eigenvalue weighted by atomic mass is 10.1. The maximum atomic E-state index is 12.2. The van der Waals surface area contributed by atoms with Gasteiger partial charge in [0.1, 0.15) is 26.4 Å². The van der Waals surface area contributed by atoms with Crippen LogP contribution in [-0.4, -0.2) is 118 Å². The Labute approximate surface area is 316 Å². The van der Waals surface area contributed by atoms with Gasteiger partial charge in [-0.05, 0) is 97.1 Å². The van der Waals surface area contributed by atoms with E-state index in [0.29, 0.717) is 0 Å². The molecule has 0 amide bonds. The Bertz CT molecular complexity index is 1820. The zero-order valence-electron chi connectivity index (χ0n) is 29.1. The third-order valence-electron chi connectivity index (χ3n) is 6.67. The zero-order chi connectivity index (χ0) is 41.6. The molecular formula is C38H34O18. The number of carboxylic acid groups (broad SMARTS) is 4. The van der Waals surface area contributed by atoms with Crippen molar-refractivity contribution in [3.63, 3.8) is 0 Å². The number of hydrogen-bond donors (Lipinski definition) is 6. The smallest absolute Gasteiger partial charge is 0.338 e. The Hall–Kier alpha value is -7.44. The number of carbonyl (C=O) groups excluding carboxylic acids is 4. The second kappa shape index (κ2) is 23.3. The molecule has 0 aromatic heterocycles. The Morgan fingerprint density at radius 3 is 0.571 bits per heavy atom. The fraction of sp³-hybridized carbons (Fsp3) is 0.158. The number of aromatic carboxylic acids is 4. The van der Waals surface area contributed by atoms with Gasteiger partial charge in [-0.3, -0.25) is 0 Å². The van der Waals surface area contributed by atoms with Gasteiger partial charge in [0.25, 0.3) is 0 Å². The van der Waals surface area contributed by atoms with Crippen LogP contribution in [0.1, 0.15) is 82.9 Å². The number of esters is 4. The molecule has 18 nitrogen and oxygen atoms in total. The first-order chi connectivity index (χ1) is 26.7. The number of rotatable bonds is 15. The minimum Gasteiger partial charge on any atom is -0.478 e. The number of hydrogen-bond acceptors (Lipinski definition) is 14. The molecule has 4 rings (SSSR count). The first kappa shape index (κ1) is 44.7. The molecule has 0 unspecified atom stereocenters. The summed E-state index contributed by atoms with van der Waals surface area (Å²) in [6, 6.07) is 20.7. The molecule has 6 N–H and O–H groups in total. The summed E-state index contributed by atoms with van der Waals surface area (Å²) < 4.78 is 20.0. The van der Waals surface area contributed by atoms with E-state index in [9.17, 15) is 38.4 Å². The maximum Gasteiger partial charge on any atom is 0.338 e. The summed E-state index contributed by atoms with van der Waals surface area (Å²) in [5, 5.41) is 49.9. The van der Waals surface area contributed by atoms with E-state index in [-0.39, 0.29) is 84.1 Å². The number of aliphatic hydroxyl groups excluding tert-OH is 2. The number of carboxylic acids is 4. The maximum absolute atomic E-state index is 12.2. The van der Waals surface area contributed by atoms with E-state index in [2.05, 4.69) is 0 Å². The highest BCUT2D eigenvalue weighted by Crippen LogP contribution is 2.10. The highest BCUT2D eigenvalue weighted by atomic mass is 16.6. The first-order valence-electron chi connectivity index (χ1n) is 15.9. The topological polar surface area (TPSA) is 295 Å². The molecule has 0 saturated carbocycles. The van der Waals surface area contributed by atoms with Crippen LogP contribution in [0, 0.1) is 0 Å². The fourth-order valence-corrected chi connectivity index (χ4v) is 3.87. The van der Waals surface area contributed by atoms with Crippen molar-refractivity contribution in [1.82, 2.24) is 0 Å². The SMILES string of the molecule is O=C(O)c1ccc(C(=O)O)cc1.O=C(O)c1ccc(C(=O)OCCOC(=O)c2ccc(C(=O)OCCOC(=O)c3ccc(C(=O)O)cc3)cc2)cc1.OCCO. The molecule has 0 atom stereocenters. The molecule has 0 bridgehead atoms. The molecule has 0 heterocycles. The Balaban J connectivity index is 0.000000562. The van der Waals surface area contributed by atoms with Gasteiger partial charge in [-0.2, -0.15) is 0 Å². The molecular weight excluding hydrogens is 744 g/mol. The van der Waals surface area contributed by atoms with Crippen molar-refractivity contribution in [2.45, 2.75) is 0 Å². The summed E-state index contributed by atoms with van der Waals surface area (Å²) in [5.41, 5.74) is 0.766. The summed E-state index contributed by atoms with van der Waals surface area (Å²) >= 11 is 0. The van der Waals surface area contributed by atoms with Gasteiger partial charge in [0.2, 0.25) is 0 Å². The zero-order valence-corrected chi connectivity index (χ0v) is 29.1. The summed E-state index contributed by atoms with van der Waals surface area (Å²) in [6.07, 6.45) is 0. The fourth-order valence-electron chi connectivity index (χ4n) is 3.87. The predicted molar refractivity (Wildman–Crippen MR) is 189 cm³/mol. The largest absolute Gasteiger partial charge is 0.478 e. The highest BCUT2D eigenvalue weighted by molar-refractivity contribution is 5.95. The molecule has 56 heavy (non-hydrogen) atoms. The van der Waals surface area contributed by atoms with Crippen LogP contribution in [-0.2, 0) is 18.9 Å². The van der Waals surface area contributed by atoms with E-state index >= 15 is 0 Å². The van der Waals surface area contributed by atoms with E-state index in [0.717, 1.165) is 0 Å². The second-order valence-corrected chi connectivity index (χ2v) is 10.5. The van der Waals surface area contributed by atoms with Gasteiger partial charge in [0.15, 0.2) is 0 Å². The summed E-state index contributed by atoms with van der Waals surface area (Å²) in [6.45, 7) is -1.17. The van der Waals surface area contributed by atoms with E-state index < -0.39 is 47.8 Å². The van der Waals surface area contributed by atoms with Crippen LogP contribution >= 0.6 is 0 Å². The minimum absolute atomic E-state index is 0.0225. The second-order valence-electron chi connectivity index (χ2n) is 10.5. The van der Waals surface area contributed by atoms with Crippen molar-refractivity contribution in [3.8, 4) is 0 Å². The molecule has 0 aliphatic heterocycles. The van der Waals surface area contributed by atoms with Crippen LogP contribution in [0.4, 0.5) is 0 Å². The van der Waals surface area contributed by atoms with Crippen LogP contribution in [0.2, 0.25) is 0 Å². The molecule has 4 aromatic rings.